The molecule has 0 fully saturated rings. The summed E-state index contributed by atoms with van der Waals surface area (Å²) in [5.41, 5.74) is -2.97. The number of halogens is 28. The Morgan fingerprint density at radius 1 is 0.317 bits per heavy atom. The number of alkyl halides is 28. The number of rotatable bonds is 24. The molecule has 0 heterocycles. The zero-order chi connectivity index (χ0) is 49.6. The van der Waals surface area contributed by atoms with Gasteiger partial charge in [0.2, 0.25) is 0 Å². The van der Waals surface area contributed by atoms with E-state index >= 15 is 70.2 Å². The van der Waals surface area contributed by atoms with E-state index < -0.39 is 153 Å². The van der Waals surface area contributed by atoms with Gasteiger partial charge >= 0.3 is 344 Å². The first kappa shape index (κ1) is 57.1. The summed E-state index contributed by atoms with van der Waals surface area (Å²) in [5.74, 6) is -65.2. The normalized spacial score (nSPS) is 15.6. The fourth-order valence-corrected chi connectivity index (χ4v) is 40.9. The molecule has 0 spiro atoms. The van der Waals surface area contributed by atoms with Gasteiger partial charge in [-0.3, -0.25) is 0 Å². The second-order valence-electron chi connectivity index (χ2n) is 12.8. The van der Waals surface area contributed by atoms with Crippen molar-refractivity contribution >= 4 is 38.4 Å². The Labute approximate surface area is 342 Å². The molecule has 0 saturated carbocycles. The van der Waals surface area contributed by atoms with Gasteiger partial charge in [-0.05, 0) is 0 Å². The third-order valence-electron chi connectivity index (χ3n) is 8.60. The van der Waals surface area contributed by atoms with Gasteiger partial charge in [0.25, 0.3) is 0 Å². The molecule has 0 unspecified atom stereocenters. The fraction of sp³-hybridized carbons (Fsp3) is 0.600. The molecule has 63 heavy (non-hydrogen) atoms. The molecule has 2 aromatic rings. The summed E-state index contributed by atoms with van der Waals surface area (Å²) in [5, 5.41) is 0. The third kappa shape index (κ3) is 8.72. The van der Waals surface area contributed by atoms with Crippen molar-refractivity contribution in [2.45, 2.75) is 76.3 Å². The van der Waals surface area contributed by atoms with Gasteiger partial charge in [-0.15, -0.1) is 0 Å². The van der Waals surface area contributed by atoms with Crippen LogP contribution in [0.2, 0.25) is 0 Å². The van der Waals surface area contributed by atoms with Crippen LogP contribution in [0.25, 0.3) is 0 Å². The molecule has 2 rings (SSSR count). The van der Waals surface area contributed by atoms with Crippen LogP contribution in [0.4, 0.5) is 123 Å². The van der Waals surface area contributed by atoms with Gasteiger partial charge in [0.15, 0.2) is 0 Å². The Hall–Kier alpha value is -2.04. The Kier molecular flexibility index (Phi) is 16.5. The predicted octanol–water partition coefficient (Wildman–Crippen LogP) is 12.0. The number of benzene rings is 2. The molecule has 0 amide bonds. The monoisotopic (exact) mass is 1200 g/mol. The number of hydrogen-bond acceptors (Lipinski definition) is 3. The molecule has 364 valence electrons. The molecule has 0 aliphatic carbocycles. The van der Waals surface area contributed by atoms with Gasteiger partial charge in [-0.1, -0.05) is 0 Å². The van der Waals surface area contributed by atoms with Gasteiger partial charge in [0.05, 0.1) is 0 Å². The topological polar surface area (TPSA) is 27.7 Å². The summed E-state index contributed by atoms with van der Waals surface area (Å²) in [6.45, 7) is -24.0. The van der Waals surface area contributed by atoms with Gasteiger partial charge in [-0.2, -0.15) is 0 Å². The van der Waals surface area contributed by atoms with Gasteiger partial charge in [-0.25, -0.2) is 0 Å². The zero-order valence-corrected chi connectivity index (χ0v) is 35.5. The summed E-state index contributed by atoms with van der Waals surface area (Å²) in [4.78, 5) is 0. The summed E-state index contributed by atoms with van der Waals surface area (Å²) < 4.78 is 397. The van der Waals surface area contributed by atoms with Crippen molar-refractivity contribution in [3.05, 3.63) is 71.8 Å². The van der Waals surface area contributed by atoms with Crippen LogP contribution in [0.15, 0.2) is 60.7 Å². The van der Waals surface area contributed by atoms with Crippen molar-refractivity contribution in [1.29, 1.82) is 0 Å². The molecule has 0 aliphatic heterocycles. The van der Waals surface area contributed by atoms with E-state index in [1.165, 1.54) is 0 Å². The molecular formula is C30H22F28O3Sn2. The van der Waals surface area contributed by atoms with Gasteiger partial charge < -0.3 is 0 Å². The fourth-order valence-electron chi connectivity index (χ4n) is 4.87. The Morgan fingerprint density at radius 3 is 0.683 bits per heavy atom. The van der Waals surface area contributed by atoms with Crippen LogP contribution in [-0.4, -0.2) is 128 Å². The maximum atomic E-state index is 16.5. The molecule has 0 saturated heterocycles. The Morgan fingerprint density at radius 2 is 0.508 bits per heavy atom. The van der Waals surface area contributed by atoms with E-state index in [4.69, 9.17) is 0 Å². The molecule has 0 N–H and O–H groups in total. The van der Waals surface area contributed by atoms with E-state index in [2.05, 4.69) is 7.56 Å². The first-order valence-corrected chi connectivity index (χ1v) is 26.3. The van der Waals surface area contributed by atoms with Crippen LogP contribution in [0, 0.1) is 0 Å². The summed E-state index contributed by atoms with van der Waals surface area (Å²) in [6, 6.07) is 4.06. The zero-order valence-electron chi connectivity index (χ0n) is 29.8. The van der Waals surface area contributed by atoms with E-state index in [1.807, 2.05) is 0 Å². The van der Waals surface area contributed by atoms with Crippen LogP contribution in [0.5, 0.6) is 0 Å². The van der Waals surface area contributed by atoms with Crippen molar-refractivity contribution in [2.24, 2.45) is 0 Å². The Bertz CT molecular complexity index is 1600. The van der Waals surface area contributed by atoms with Crippen LogP contribution in [0.1, 0.15) is 11.1 Å². The first-order chi connectivity index (χ1) is 28.1. The minimum absolute atomic E-state index is 0.160. The van der Waals surface area contributed by atoms with Crippen molar-refractivity contribution < 1.29 is 130 Å². The molecule has 2 aromatic carbocycles. The summed E-state index contributed by atoms with van der Waals surface area (Å²) >= 11 is -25.7. The van der Waals surface area contributed by atoms with E-state index in [9.17, 15) is 52.7 Å². The SMILES string of the molecule is FCC(F)(F)C(F)(F)[C](F)(F)[Sn]([O]Cc1ccccc1)([O][Sn]([O]Cc1ccccc1)([C](F)(F)C(F)(F)C(F)(F)CF)[C](F)(F)C(F)(F)C(F)(F)CF)[C](F)(F)C(F)(F)C(F)(F)CF. The molecule has 0 radical (unpaired) electrons. The van der Waals surface area contributed by atoms with Gasteiger partial charge in [0, 0.05) is 0 Å². The molecule has 0 aliphatic rings. The number of hydrogen-bond donors (Lipinski definition) is 0. The van der Waals surface area contributed by atoms with Gasteiger partial charge in [0.1, 0.15) is 0 Å². The maximum absolute atomic E-state index is 16.5. The molecule has 3 nitrogen and oxygen atoms in total. The van der Waals surface area contributed by atoms with Crippen LogP contribution in [-0.2, 0) is 20.8 Å². The quantitative estimate of drug-likeness (QED) is 0.0774. The van der Waals surface area contributed by atoms with Crippen LogP contribution in [0.3, 0.4) is 0 Å². The van der Waals surface area contributed by atoms with E-state index in [0.717, 1.165) is 12.1 Å². The minimum atomic E-state index is -12.9. The first-order valence-electron chi connectivity index (χ1n) is 15.9. The second-order valence-corrected chi connectivity index (χ2v) is 33.2. The van der Waals surface area contributed by atoms with Crippen LogP contribution < -0.4 is 0 Å². The average molecular weight is 1200 g/mol. The van der Waals surface area contributed by atoms with Crippen molar-refractivity contribution in [2.75, 3.05) is 26.7 Å². The third-order valence-corrected chi connectivity index (χ3v) is 37.4. The van der Waals surface area contributed by atoms with Crippen molar-refractivity contribution in [3.63, 3.8) is 0 Å². The molecule has 0 atom stereocenters. The average Bonchev–Trinajstić information content (AvgIpc) is 3.20. The molecule has 33 heteroatoms. The summed E-state index contributed by atoms with van der Waals surface area (Å²) in [7, 11) is 0. The predicted molar refractivity (Wildman–Crippen MR) is 158 cm³/mol. The summed E-state index contributed by atoms with van der Waals surface area (Å²) in [6.07, 6.45) is 0. The standard InChI is InChI=1S/2C7H7O.4C4H2F7.O.2Sn/c2*8-6-7-4-2-1-3-5-7;4*5-1-3(8,9)4(10,11)2(6)7;;;/h2*1-5H,6H2;4*1H2;;;/q2*-1;;;;;;2*+1. The van der Waals surface area contributed by atoms with Crippen molar-refractivity contribution in [1.82, 2.24) is 0 Å². The van der Waals surface area contributed by atoms with E-state index in [1.54, 1.807) is 0 Å². The molecule has 0 bridgehead atoms. The molecule has 0 aromatic heterocycles. The van der Waals surface area contributed by atoms with E-state index in [0.29, 0.717) is 24.3 Å². The second kappa shape index (κ2) is 18.2. The molecular weight excluding hydrogens is 1180 g/mol. The van der Waals surface area contributed by atoms with E-state index in [-0.39, 0.29) is 24.3 Å². The van der Waals surface area contributed by atoms with Crippen molar-refractivity contribution in [3.8, 4) is 0 Å². The van der Waals surface area contributed by atoms with Crippen LogP contribution >= 0.6 is 0 Å². The Balaban J connectivity index is 3.76.